The Bertz CT molecular complexity index is 504. The first kappa shape index (κ1) is 13.1. The van der Waals surface area contributed by atoms with E-state index in [-0.39, 0.29) is 18.0 Å². The number of phenols is 1. The molecule has 1 aromatic carbocycles. The van der Waals surface area contributed by atoms with E-state index in [1.807, 2.05) is 39.8 Å². The first-order valence-electron chi connectivity index (χ1n) is 6.22. The van der Waals surface area contributed by atoms with Gasteiger partial charge in [-0.2, -0.15) is 0 Å². The van der Waals surface area contributed by atoms with Crippen LogP contribution in [0, 0.1) is 12.3 Å². The van der Waals surface area contributed by atoms with E-state index in [0.717, 1.165) is 11.1 Å². The van der Waals surface area contributed by atoms with Gasteiger partial charge in [0.15, 0.2) is 0 Å². The van der Waals surface area contributed by atoms with Crippen LogP contribution in [0.3, 0.4) is 0 Å². The van der Waals surface area contributed by atoms with Crippen LogP contribution in [0.25, 0.3) is 0 Å². The number of aliphatic hydroxyl groups excluding tert-OH is 1. The van der Waals surface area contributed by atoms with Crippen LogP contribution in [0.4, 0.5) is 0 Å². The van der Waals surface area contributed by atoms with Crippen molar-refractivity contribution in [1.29, 1.82) is 0 Å². The lowest BCUT2D eigenvalue weighted by molar-refractivity contribution is -0.125. The Hall–Kier alpha value is -1.35. The standard InChI is InChI=1S/C15H20O3/c1-9-5-6-10(7-11(9)16)15(4)13(18)8-12(17)14(15,2)3/h5-7,13,16,18H,8H2,1-4H3. The molecule has 1 aliphatic rings. The predicted molar refractivity (Wildman–Crippen MR) is 69.6 cm³/mol. The van der Waals surface area contributed by atoms with E-state index >= 15 is 0 Å². The summed E-state index contributed by atoms with van der Waals surface area (Å²) >= 11 is 0. The van der Waals surface area contributed by atoms with Crippen LogP contribution in [0.5, 0.6) is 5.75 Å². The minimum Gasteiger partial charge on any atom is -0.508 e. The van der Waals surface area contributed by atoms with Crippen LogP contribution in [0.2, 0.25) is 0 Å². The third kappa shape index (κ3) is 1.50. The van der Waals surface area contributed by atoms with Crippen LogP contribution < -0.4 is 0 Å². The summed E-state index contributed by atoms with van der Waals surface area (Å²) in [5.41, 5.74) is 0.316. The zero-order valence-electron chi connectivity index (χ0n) is 11.3. The Morgan fingerprint density at radius 1 is 1.28 bits per heavy atom. The molecule has 2 rings (SSSR count). The number of ketones is 1. The van der Waals surface area contributed by atoms with Gasteiger partial charge in [0.25, 0.3) is 0 Å². The van der Waals surface area contributed by atoms with E-state index in [1.54, 1.807) is 6.07 Å². The van der Waals surface area contributed by atoms with Crippen molar-refractivity contribution in [2.45, 2.75) is 45.6 Å². The largest absolute Gasteiger partial charge is 0.508 e. The first-order valence-corrected chi connectivity index (χ1v) is 6.22. The zero-order valence-corrected chi connectivity index (χ0v) is 11.3. The second kappa shape index (κ2) is 3.82. The summed E-state index contributed by atoms with van der Waals surface area (Å²) in [4.78, 5) is 12.0. The molecular weight excluding hydrogens is 228 g/mol. The number of hydrogen-bond donors (Lipinski definition) is 2. The van der Waals surface area contributed by atoms with Crippen molar-refractivity contribution in [2.24, 2.45) is 5.41 Å². The van der Waals surface area contributed by atoms with Gasteiger partial charge < -0.3 is 10.2 Å². The number of Topliss-reactive ketones (excluding diaryl/α,β-unsaturated/α-hetero) is 1. The molecule has 1 aromatic rings. The maximum absolute atomic E-state index is 12.0. The molecule has 98 valence electrons. The fourth-order valence-electron chi connectivity index (χ4n) is 2.83. The van der Waals surface area contributed by atoms with E-state index in [4.69, 9.17) is 0 Å². The summed E-state index contributed by atoms with van der Waals surface area (Å²) in [6.45, 7) is 7.44. The molecule has 0 spiro atoms. The first-order chi connectivity index (χ1) is 8.21. The Balaban J connectivity index is 2.59. The third-order valence-electron chi connectivity index (χ3n) is 4.85. The van der Waals surface area contributed by atoms with Crippen LogP contribution in [-0.4, -0.2) is 22.1 Å². The van der Waals surface area contributed by atoms with E-state index in [1.165, 1.54) is 0 Å². The lowest BCUT2D eigenvalue weighted by atomic mass is 9.64. The van der Waals surface area contributed by atoms with Crippen LogP contribution in [0.1, 0.15) is 38.3 Å². The van der Waals surface area contributed by atoms with E-state index in [9.17, 15) is 15.0 Å². The summed E-state index contributed by atoms with van der Waals surface area (Å²) in [6.07, 6.45) is -0.528. The second-order valence-corrected chi connectivity index (χ2v) is 5.97. The van der Waals surface area contributed by atoms with Crippen molar-refractivity contribution in [2.75, 3.05) is 0 Å². The van der Waals surface area contributed by atoms with Gasteiger partial charge in [-0.25, -0.2) is 0 Å². The number of carbonyl (C=O) groups excluding carboxylic acids is 1. The molecule has 0 amide bonds. The maximum atomic E-state index is 12.0. The quantitative estimate of drug-likeness (QED) is 0.802. The normalized spacial score (nSPS) is 30.7. The van der Waals surface area contributed by atoms with Crippen molar-refractivity contribution >= 4 is 5.78 Å². The molecule has 0 saturated heterocycles. The minimum atomic E-state index is -0.706. The van der Waals surface area contributed by atoms with Crippen molar-refractivity contribution in [3.63, 3.8) is 0 Å². The number of aromatic hydroxyl groups is 1. The van der Waals surface area contributed by atoms with Crippen molar-refractivity contribution in [3.05, 3.63) is 29.3 Å². The Morgan fingerprint density at radius 3 is 2.33 bits per heavy atom. The Labute approximate surface area is 107 Å². The molecule has 3 heteroatoms. The molecule has 1 aliphatic carbocycles. The molecule has 0 aliphatic heterocycles. The zero-order chi connectivity index (χ0) is 13.7. The van der Waals surface area contributed by atoms with Gasteiger partial charge in [-0.1, -0.05) is 32.9 Å². The Morgan fingerprint density at radius 2 is 1.89 bits per heavy atom. The highest BCUT2D eigenvalue weighted by Gasteiger charge is 2.57. The predicted octanol–water partition coefficient (Wildman–Crippen LogP) is 2.32. The summed E-state index contributed by atoms with van der Waals surface area (Å²) in [7, 11) is 0. The van der Waals surface area contributed by atoms with Crippen LogP contribution >= 0.6 is 0 Å². The van der Waals surface area contributed by atoms with Crippen LogP contribution in [0.15, 0.2) is 18.2 Å². The molecule has 2 N–H and O–H groups in total. The van der Waals surface area contributed by atoms with E-state index in [0.29, 0.717) is 0 Å². The lowest BCUT2D eigenvalue weighted by Crippen LogP contribution is -2.44. The average molecular weight is 248 g/mol. The summed E-state index contributed by atoms with van der Waals surface area (Å²) in [5.74, 6) is 0.272. The maximum Gasteiger partial charge on any atom is 0.142 e. The molecule has 18 heavy (non-hydrogen) atoms. The van der Waals surface area contributed by atoms with Crippen molar-refractivity contribution in [3.8, 4) is 5.75 Å². The fraction of sp³-hybridized carbons (Fsp3) is 0.533. The number of aliphatic hydroxyl groups is 1. The average Bonchev–Trinajstić information content (AvgIpc) is 2.44. The molecule has 1 fully saturated rings. The highest BCUT2D eigenvalue weighted by Crippen LogP contribution is 2.52. The van der Waals surface area contributed by atoms with E-state index < -0.39 is 16.9 Å². The number of rotatable bonds is 1. The van der Waals surface area contributed by atoms with Gasteiger partial charge in [0.05, 0.1) is 6.10 Å². The van der Waals surface area contributed by atoms with Crippen LogP contribution in [-0.2, 0) is 10.2 Å². The molecule has 0 heterocycles. The number of phenolic OH excluding ortho intramolecular Hbond substituents is 1. The van der Waals surface area contributed by atoms with E-state index in [2.05, 4.69) is 0 Å². The monoisotopic (exact) mass is 248 g/mol. The molecule has 0 bridgehead atoms. The van der Waals surface area contributed by atoms with Gasteiger partial charge in [-0.15, -0.1) is 0 Å². The lowest BCUT2D eigenvalue weighted by Gasteiger charge is -2.39. The van der Waals surface area contributed by atoms with Crippen molar-refractivity contribution < 1.29 is 15.0 Å². The number of hydrogen-bond acceptors (Lipinski definition) is 3. The molecule has 0 aromatic heterocycles. The summed E-state index contributed by atoms with van der Waals surface area (Å²) < 4.78 is 0. The molecule has 1 saturated carbocycles. The van der Waals surface area contributed by atoms with Gasteiger partial charge in [-0.05, 0) is 24.1 Å². The molecular formula is C15H20O3. The minimum absolute atomic E-state index is 0.0672. The SMILES string of the molecule is Cc1ccc(C2(C)C(O)CC(=O)C2(C)C)cc1O. The third-order valence-corrected chi connectivity index (χ3v) is 4.85. The molecule has 2 unspecified atom stereocenters. The van der Waals surface area contributed by atoms with Gasteiger partial charge in [0, 0.05) is 17.3 Å². The summed E-state index contributed by atoms with van der Waals surface area (Å²) in [5, 5.41) is 20.1. The highest BCUT2D eigenvalue weighted by atomic mass is 16.3. The van der Waals surface area contributed by atoms with Gasteiger partial charge >= 0.3 is 0 Å². The number of benzene rings is 1. The molecule has 0 radical (unpaired) electrons. The topological polar surface area (TPSA) is 57.5 Å². The number of aryl methyl sites for hydroxylation is 1. The highest BCUT2D eigenvalue weighted by molar-refractivity contribution is 5.89. The van der Waals surface area contributed by atoms with Gasteiger partial charge in [0.1, 0.15) is 11.5 Å². The second-order valence-electron chi connectivity index (χ2n) is 5.97. The Kier molecular flexibility index (Phi) is 2.78. The molecule has 3 nitrogen and oxygen atoms in total. The number of carbonyl (C=O) groups is 1. The summed E-state index contributed by atoms with van der Waals surface area (Å²) in [6, 6.07) is 5.37. The smallest absolute Gasteiger partial charge is 0.142 e. The van der Waals surface area contributed by atoms with Gasteiger partial charge in [0.2, 0.25) is 0 Å². The van der Waals surface area contributed by atoms with Gasteiger partial charge in [-0.3, -0.25) is 4.79 Å². The molecule has 2 atom stereocenters. The fourth-order valence-corrected chi connectivity index (χ4v) is 2.83. The van der Waals surface area contributed by atoms with Crippen molar-refractivity contribution in [1.82, 2.24) is 0 Å².